The number of nitrogens with zero attached hydrogens (tertiary/aromatic N) is 1. The minimum absolute atomic E-state index is 0.282. The van der Waals surface area contributed by atoms with Crippen LogP contribution in [0.15, 0.2) is 34.9 Å². The molecule has 1 aromatic heterocycles. The number of para-hydroxylation sites is 1. The van der Waals surface area contributed by atoms with Crippen molar-refractivity contribution in [2.24, 2.45) is 11.7 Å². The van der Waals surface area contributed by atoms with Crippen LogP contribution in [0.5, 0.6) is 0 Å². The highest BCUT2D eigenvalue weighted by Gasteiger charge is 2.25. The molecule has 2 atom stereocenters. The Balaban J connectivity index is 1.84. The van der Waals surface area contributed by atoms with Gasteiger partial charge in [0.25, 0.3) is 0 Å². The van der Waals surface area contributed by atoms with Crippen LogP contribution in [0.4, 0.5) is 0 Å². The molecule has 2 aromatic rings. The Hall–Kier alpha value is -1.32. The Labute approximate surface area is 127 Å². The SMILES string of the molecule is CCC1CCCN(C(CN)c2coc3ccccc23)CC1. The molecule has 2 heterocycles. The van der Waals surface area contributed by atoms with E-state index in [0.717, 1.165) is 24.6 Å². The molecule has 21 heavy (non-hydrogen) atoms. The minimum atomic E-state index is 0.282. The zero-order valence-electron chi connectivity index (χ0n) is 12.9. The molecule has 2 N–H and O–H groups in total. The summed E-state index contributed by atoms with van der Waals surface area (Å²) in [6, 6.07) is 8.55. The molecule has 1 aliphatic rings. The highest BCUT2D eigenvalue weighted by atomic mass is 16.3. The van der Waals surface area contributed by atoms with Gasteiger partial charge in [-0.05, 0) is 44.3 Å². The summed E-state index contributed by atoms with van der Waals surface area (Å²) in [4.78, 5) is 2.56. The van der Waals surface area contributed by atoms with E-state index in [-0.39, 0.29) is 6.04 Å². The summed E-state index contributed by atoms with van der Waals surface area (Å²) >= 11 is 0. The van der Waals surface area contributed by atoms with Crippen molar-refractivity contribution in [3.8, 4) is 0 Å². The van der Waals surface area contributed by atoms with E-state index >= 15 is 0 Å². The first-order chi connectivity index (χ1) is 10.3. The molecule has 0 radical (unpaired) electrons. The van der Waals surface area contributed by atoms with Gasteiger partial charge in [0.2, 0.25) is 0 Å². The molecule has 3 heteroatoms. The fraction of sp³-hybridized carbons (Fsp3) is 0.556. The molecule has 114 valence electrons. The third kappa shape index (κ3) is 2.99. The van der Waals surface area contributed by atoms with Crippen LogP contribution in [0, 0.1) is 5.92 Å². The number of nitrogens with two attached hydrogens (primary N) is 1. The first-order valence-corrected chi connectivity index (χ1v) is 8.23. The second-order valence-electron chi connectivity index (χ2n) is 6.18. The van der Waals surface area contributed by atoms with Crippen LogP contribution < -0.4 is 5.73 Å². The molecule has 1 aliphatic heterocycles. The van der Waals surface area contributed by atoms with Crippen LogP contribution in [0.2, 0.25) is 0 Å². The Morgan fingerprint density at radius 3 is 2.95 bits per heavy atom. The van der Waals surface area contributed by atoms with Gasteiger partial charge in [0.1, 0.15) is 5.58 Å². The maximum absolute atomic E-state index is 6.12. The minimum Gasteiger partial charge on any atom is -0.464 e. The summed E-state index contributed by atoms with van der Waals surface area (Å²) in [5.74, 6) is 0.884. The maximum atomic E-state index is 6.12. The lowest BCUT2D eigenvalue weighted by Gasteiger charge is -2.29. The average Bonchev–Trinajstić information content (AvgIpc) is 2.79. The lowest BCUT2D eigenvalue weighted by molar-refractivity contribution is 0.207. The smallest absolute Gasteiger partial charge is 0.134 e. The molecule has 1 aromatic carbocycles. The van der Waals surface area contributed by atoms with Gasteiger partial charge in [-0.15, -0.1) is 0 Å². The third-order valence-corrected chi connectivity index (χ3v) is 4.99. The van der Waals surface area contributed by atoms with Crippen molar-refractivity contribution in [3.63, 3.8) is 0 Å². The summed E-state index contributed by atoms with van der Waals surface area (Å²) < 4.78 is 5.71. The predicted molar refractivity (Wildman–Crippen MR) is 87.2 cm³/mol. The molecular formula is C18H26N2O. The standard InChI is InChI=1S/C18H26N2O/c1-2-14-6-5-10-20(11-9-14)17(12-19)16-13-21-18-8-4-3-7-15(16)18/h3-4,7-8,13-14,17H,2,5-6,9-12,19H2,1H3. The van der Waals surface area contributed by atoms with Gasteiger partial charge in [0, 0.05) is 17.5 Å². The van der Waals surface area contributed by atoms with Crippen LogP contribution in [0.25, 0.3) is 11.0 Å². The first kappa shape index (κ1) is 14.6. The maximum Gasteiger partial charge on any atom is 0.134 e. The van der Waals surface area contributed by atoms with Crippen LogP contribution in [0.3, 0.4) is 0 Å². The number of fused-ring (bicyclic) bond motifs is 1. The topological polar surface area (TPSA) is 42.4 Å². The molecule has 2 unspecified atom stereocenters. The van der Waals surface area contributed by atoms with Crippen molar-refractivity contribution < 1.29 is 4.42 Å². The van der Waals surface area contributed by atoms with Gasteiger partial charge in [-0.2, -0.15) is 0 Å². The molecule has 0 saturated carbocycles. The summed E-state index contributed by atoms with van der Waals surface area (Å²) in [5.41, 5.74) is 8.34. The van der Waals surface area contributed by atoms with Crippen molar-refractivity contribution >= 4 is 11.0 Å². The van der Waals surface area contributed by atoms with E-state index < -0.39 is 0 Å². The van der Waals surface area contributed by atoms with Gasteiger partial charge in [0.15, 0.2) is 0 Å². The zero-order valence-corrected chi connectivity index (χ0v) is 12.9. The highest BCUT2D eigenvalue weighted by Crippen LogP contribution is 2.32. The fourth-order valence-corrected chi connectivity index (χ4v) is 3.64. The normalized spacial score (nSPS) is 22.3. The van der Waals surface area contributed by atoms with Crippen molar-refractivity contribution in [2.75, 3.05) is 19.6 Å². The average molecular weight is 286 g/mol. The number of benzene rings is 1. The lowest BCUT2D eigenvalue weighted by Crippen LogP contribution is -2.34. The van der Waals surface area contributed by atoms with Crippen molar-refractivity contribution in [3.05, 3.63) is 36.1 Å². The van der Waals surface area contributed by atoms with Gasteiger partial charge < -0.3 is 10.2 Å². The van der Waals surface area contributed by atoms with Gasteiger partial charge in [-0.3, -0.25) is 4.90 Å². The van der Waals surface area contributed by atoms with E-state index in [1.807, 2.05) is 18.4 Å². The monoisotopic (exact) mass is 286 g/mol. The lowest BCUT2D eigenvalue weighted by atomic mass is 9.98. The molecule has 3 rings (SSSR count). The van der Waals surface area contributed by atoms with E-state index in [9.17, 15) is 0 Å². The highest BCUT2D eigenvalue weighted by molar-refractivity contribution is 5.81. The van der Waals surface area contributed by atoms with Crippen molar-refractivity contribution in [1.29, 1.82) is 0 Å². The number of hydrogen-bond acceptors (Lipinski definition) is 3. The summed E-state index contributed by atoms with van der Waals surface area (Å²) in [6.45, 7) is 5.27. The van der Waals surface area contributed by atoms with Crippen molar-refractivity contribution in [1.82, 2.24) is 4.90 Å². The van der Waals surface area contributed by atoms with E-state index in [4.69, 9.17) is 10.2 Å². The number of rotatable bonds is 4. The molecule has 0 spiro atoms. The Kier molecular flexibility index (Phi) is 4.61. The van der Waals surface area contributed by atoms with E-state index in [2.05, 4.69) is 24.0 Å². The molecule has 1 fully saturated rings. The number of likely N-dealkylation sites (tertiary alicyclic amines) is 1. The number of hydrogen-bond donors (Lipinski definition) is 1. The Bertz CT molecular complexity index is 577. The summed E-state index contributed by atoms with van der Waals surface area (Å²) in [7, 11) is 0. The zero-order chi connectivity index (χ0) is 14.7. The van der Waals surface area contributed by atoms with E-state index in [1.165, 1.54) is 36.6 Å². The molecule has 1 saturated heterocycles. The third-order valence-electron chi connectivity index (χ3n) is 4.99. The quantitative estimate of drug-likeness (QED) is 0.925. The van der Waals surface area contributed by atoms with Gasteiger partial charge in [0.05, 0.1) is 12.3 Å². The van der Waals surface area contributed by atoms with Gasteiger partial charge >= 0.3 is 0 Å². The predicted octanol–water partition coefficient (Wildman–Crippen LogP) is 3.94. The van der Waals surface area contributed by atoms with E-state index in [0.29, 0.717) is 6.54 Å². The Morgan fingerprint density at radius 2 is 2.14 bits per heavy atom. The summed E-state index contributed by atoms with van der Waals surface area (Å²) in [5, 5.41) is 1.21. The van der Waals surface area contributed by atoms with Crippen LogP contribution >= 0.6 is 0 Å². The fourth-order valence-electron chi connectivity index (χ4n) is 3.64. The van der Waals surface area contributed by atoms with Crippen LogP contribution in [-0.4, -0.2) is 24.5 Å². The second kappa shape index (κ2) is 6.63. The second-order valence-corrected chi connectivity index (χ2v) is 6.18. The Morgan fingerprint density at radius 1 is 1.29 bits per heavy atom. The molecule has 0 amide bonds. The molecular weight excluding hydrogens is 260 g/mol. The van der Waals surface area contributed by atoms with E-state index in [1.54, 1.807) is 0 Å². The number of furan rings is 1. The largest absolute Gasteiger partial charge is 0.464 e. The summed E-state index contributed by atoms with van der Waals surface area (Å²) in [6.07, 6.45) is 7.14. The van der Waals surface area contributed by atoms with Crippen molar-refractivity contribution in [2.45, 2.75) is 38.6 Å². The molecule has 0 bridgehead atoms. The van der Waals surface area contributed by atoms with Gasteiger partial charge in [-0.1, -0.05) is 31.5 Å². The van der Waals surface area contributed by atoms with Crippen LogP contribution in [0.1, 0.15) is 44.2 Å². The van der Waals surface area contributed by atoms with Crippen LogP contribution in [-0.2, 0) is 0 Å². The first-order valence-electron chi connectivity index (χ1n) is 8.23. The molecule has 3 nitrogen and oxygen atoms in total. The molecule has 0 aliphatic carbocycles. The van der Waals surface area contributed by atoms with Gasteiger partial charge in [-0.25, -0.2) is 0 Å².